The smallest absolute Gasteiger partial charge is 0.387 e. The lowest BCUT2D eigenvalue weighted by atomic mass is 10.0. The fourth-order valence-electron chi connectivity index (χ4n) is 4.42. The minimum atomic E-state index is -3.89. The minimum absolute atomic E-state index is 0.0241. The third-order valence-corrected chi connectivity index (χ3v) is 8.84. The zero-order valence-corrected chi connectivity index (χ0v) is 27.1. The average molecular weight is 691 g/mol. The first-order valence-electron chi connectivity index (χ1n) is 13.8. The van der Waals surface area contributed by atoms with E-state index in [0.29, 0.717) is 40.7 Å². The molecule has 0 bridgehead atoms. The Kier molecular flexibility index (Phi) is 11.7. The Morgan fingerprint density at radius 3 is 2.27 bits per heavy atom. The van der Waals surface area contributed by atoms with Crippen LogP contribution in [0.2, 0.25) is 10.0 Å². The number of ether oxygens (including phenoxy) is 5. The maximum absolute atomic E-state index is 13.4. The fraction of sp³-hybridized carbons (Fsp3) is 0.400. The monoisotopic (exact) mass is 689 g/mol. The van der Waals surface area contributed by atoms with Gasteiger partial charge in [-0.15, -0.1) is 0 Å². The molecule has 1 aromatic heterocycles. The number of halogens is 4. The number of alkyl halides is 2. The Bertz CT molecular complexity index is 1590. The van der Waals surface area contributed by atoms with E-state index in [-0.39, 0.29) is 34.5 Å². The summed E-state index contributed by atoms with van der Waals surface area (Å²) in [6.45, 7) is -3.58. The first-order chi connectivity index (χ1) is 21.4. The molecule has 1 aliphatic rings. The number of rotatable bonds is 16. The van der Waals surface area contributed by atoms with E-state index < -0.39 is 35.3 Å². The van der Waals surface area contributed by atoms with E-state index in [4.69, 9.17) is 42.1 Å². The lowest BCUT2D eigenvalue weighted by Gasteiger charge is -2.24. The molecule has 1 aliphatic carbocycles. The van der Waals surface area contributed by atoms with Crippen LogP contribution < -0.4 is 23.9 Å². The number of aromatic nitrogens is 1. The Morgan fingerprint density at radius 1 is 1.00 bits per heavy atom. The third-order valence-electron chi connectivity index (χ3n) is 6.97. The molecule has 0 amide bonds. The molecule has 1 heterocycles. The van der Waals surface area contributed by atoms with Crippen LogP contribution in [-0.4, -0.2) is 58.9 Å². The standard InChI is InChI=1S/C30H32Cl2F2N2O8S/c1-40-24-8-6-19(10-27(24)41-2)15-36(45(3,38)39)16-29(37)43-26(12-21-22(31)13-35-14-23(21)32)20-7-9-25(44-30(33)34)28(11-20)42-17-18-4-5-18/h6-11,13-14,18,26,30H,4-5,12,15-17H2,1-3H3/p+1/t26-/m0/s1. The zero-order chi connectivity index (χ0) is 32.7. The second-order valence-electron chi connectivity index (χ2n) is 10.4. The number of sulfonamides is 1. The second-order valence-corrected chi connectivity index (χ2v) is 13.2. The number of nitrogens with one attached hydrogen (secondary N) is 1. The topological polar surface area (TPSA) is 115 Å². The lowest BCUT2D eigenvalue weighted by Crippen LogP contribution is -2.35. The average Bonchev–Trinajstić information content (AvgIpc) is 3.81. The molecule has 3 aromatic rings. The molecule has 1 fully saturated rings. The Balaban J connectivity index is 1.63. The van der Waals surface area contributed by atoms with Gasteiger partial charge in [-0.25, -0.2) is 13.4 Å². The number of carbonyl (C=O) groups excluding carboxylic acids is 1. The van der Waals surface area contributed by atoms with Crippen LogP contribution in [0.5, 0.6) is 23.0 Å². The zero-order valence-electron chi connectivity index (χ0n) is 24.7. The van der Waals surface area contributed by atoms with Gasteiger partial charge < -0.3 is 23.7 Å². The molecule has 2 aromatic carbocycles. The van der Waals surface area contributed by atoms with Crippen LogP contribution in [0.15, 0.2) is 48.8 Å². The van der Waals surface area contributed by atoms with Crippen molar-refractivity contribution in [2.24, 2.45) is 5.92 Å². The van der Waals surface area contributed by atoms with E-state index in [1.807, 2.05) is 0 Å². The summed E-state index contributed by atoms with van der Waals surface area (Å²) in [6, 6.07) is 9.08. The summed E-state index contributed by atoms with van der Waals surface area (Å²) in [4.78, 5) is 16.2. The molecular weight excluding hydrogens is 657 g/mol. The minimum Gasteiger partial charge on any atom is -0.493 e. The van der Waals surface area contributed by atoms with Gasteiger partial charge in [0, 0.05) is 18.5 Å². The van der Waals surface area contributed by atoms with E-state index in [9.17, 15) is 22.0 Å². The molecule has 1 atom stereocenters. The molecular formula is C30H33Cl2F2N2O8S+. The first-order valence-corrected chi connectivity index (χ1v) is 16.4. The number of methoxy groups -OCH3 is 2. The predicted octanol–water partition coefficient (Wildman–Crippen LogP) is 5.50. The summed E-state index contributed by atoms with van der Waals surface area (Å²) in [5.41, 5.74) is 1.34. The van der Waals surface area contributed by atoms with Gasteiger partial charge in [0.1, 0.15) is 22.7 Å². The molecule has 244 valence electrons. The molecule has 15 heteroatoms. The molecule has 10 nitrogen and oxygen atoms in total. The molecule has 1 N–H and O–H groups in total. The molecule has 0 radical (unpaired) electrons. The predicted molar refractivity (Wildman–Crippen MR) is 162 cm³/mol. The first kappa shape index (κ1) is 34.5. The summed E-state index contributed by atoms with van der Waals surface area (Å²) in [6.07, 6.45) is 4.81. The Morgan fingerprint density at radius 2 is 1.67 bits per heavy atom. The quantitative estimate of drug-likeness (QED) is 0.181. The highest BCUT2D eigenvalue weighted by atomic mass is 35.5. The van der Waals surface area contributed by atoms with Crippen molar-refractivity contribution < 1.29 is 50.7 Å². The maximum atomic E-state index is 13.4. The number of pyridine rings is 1. The molecule has 0 unspecified atom stereocenters. The summed E-state index contributed by atoms with van der Waals surface area (Å²) >= 11 is 12.8. The number of hydrogen-bond acceptors (Lipinski definition) is 8. The van der Waals surface area contributed by atoms with Gasteiger partial charge in [0.25, 0.3) is 0 Å². The van der Waals surface area contributed by atoms with Crippen LogP contribution in [0, 0.1) is 5.92 Å². The lowest BCUT2D eigenvalue weighted by molar-refractivity contribution is -0.377. The van der Waals surface area contributed by atoms with Gasteiger partial charge in [0.15, 0.2) is 35.4 Å². The largest absolute Gasteiger partial charge is 0.493 e. The maximum Gasteiger partial charge on any atom is 0.387 e. The molecule has 0 aliphatic heterocycles. The van der Waals surface area contributed by atoms with Crippen molar-refractivity contribution in [2.75, 3.05) is 33.6 Å². The molecule has 0 saturated heterocycles. The van der Waals surface area contributed by atoms with Crippen LogP contribution in [0.25, 0.3) is 0 Å². The van der Waals surface area contributed by atoms with Gasteiger partial charge in [-0.2, -0.15) is 13.1 Å². The van der Waals surface area contributed by atoms with Crippen molar-refractivity contribution in [3.8, 4) is 23.0 Å². The number of H-pyrrole nitrogens is 1. The SMILES string of the molecule is COc1ccc(CN(CC(=O)O[C@@H](Cc2c(Cl)c[nH+]cc2Cl)c2ccc(OC(F)F)c(OCC3CC3)c2)S(C)(=O)=O)cc1OC. The van der Waals surface area contributed by atoms with Gasteiger partial charge in [-0.1, -0.05) is 35.3 Å². The molecule has 0 spiro atoms. The summed E-state index contributed by atoms with van der Waals surface area (Å²) in [5, 5.41) is 0.523. The van der Waals surface area contributed by atoms with Crippen molar-refractivity contribution in [1.82, 2.24) is 4.31 Å². The normalized spacial score (nSPS) is 13.9. The highest BCUT2D eigenvalue weighted by Crippen LogP contribution is 2.38. The third kappa shape index (κ3) is 9.80. The number of aromatic amines is 1. The molecule has 1 saturated carbocycles. The number of hydrogen-bond donors (Lipinski definition) is 0. The van der Waals surface area contributed by atoms with E-state index in [0.717, 1.165) is 23.4 Å². The number of esters is 1. The van der Waals surface area contributed by atoms with Crippen molar-refractivity contribution in [3.63, 3.8) is 0 Å². The van der Waals surface area contributed by atoms with Gasteiger partial charge >= 0.3 is 12.6 Å². The van der Waals surface area contributed by atoms with E-state index in [2.05, 4.69) is 9.72 Å². The van der Waals surface area contributed by atoms with Gasteiger partial charge in [0.2, 0.25) is 10.0 Å². The summed E-state index contributed by atoms with van der Waals surface area (Å²) in [5.74, 6) is 0.143. The van der Waals surface area contributed by atoms with E-state index in [1.54, 1.807) is 18.2 Å². The van der Waals surface area contributed by atoms with Crippen LogP contribution in [0.4, 0.5) is 8.78 Å². The highest BCUT2D eigenvalue weighted by Gasteiger charge is 2.28. The van der Waals surface area contributed by atoms with Crippen molar-refractivity contribution in [1.29, 1.82) is 0 Å². The highest BCUT2D eigenvalue weighted by molar-refractivity contribution is 7.88. The summed E-state index contributed by atoms with van der Waals surface area (Å²) in [7, 11) is -0.969. The van der Waals surface area contributed by atoms with Crippen molar-refractivity contribution in [3.05, 3.63) is 75.5 Å². The van der Waals surface area contributed by atoms with Gasteiger partial charge in [0.05, 0.1) is 27.1 Å². The Labute approximate surface area is 270 Å². The van der Waals surface area contributed by atoms with Crippen LogP contribution in [0.1, 0.15) is 35.6 Å². The molecule has 45 heavy (non-hydrogen) atoms. The number of carbonyl (C=O) groups is 1. The number of nitrogens with zero attached hydrogens (tertiary/aromatic N) is 1. The second kappa shape index (κ2) is 15.3. The van der Waals surface area contributed by atoms with E-state index >= 15 is 0 Å². The molecule has 4 rings (SSSR count). The Hall–Kier alpha value is -3.39. The van der Waals surface area contributed by atoms with Crippen molar-refractivity contribution in [2.45, 2.75) is 38.5 Å². The van der Waals surface area contributed by atoms with E-state index in [1.165, 1.54) is 44.8 Å². The van der Waals surface area contributed by atoms with Crippen LogP contribution in [-0.2, 0) is 32.5 Å². The van der Waals surface area contributed by atoms with Gasteiger partial charge in [-0.05, 0) is 54.2 Å². The number of benzene rings is 2. The van der Waals surface area contributed by atoms with Crippen LogP contribution in [0.3, 0.4) is 0 Å². The van der Waals surface area contributed by atoms with Crippen molar-refractivity contribution >= 4 is 39.2 Å². The fourth-order valence-corrected chi connectivity index (χ4v) is 5.68. The van der Waals surface area contributed by atoms with Crippen LogP contribution >= 0.6 is 23.2 Å². The van der Waals surface area contributed by atoms with Gasteiger partial charge in [-0.3, -0.25) is 4.79 Å². The summed E-state index contributed by atoms with van der Waals surface area (Å²) < 4.78 is 79.5.